The quantitative estimate of drug-likeness (QED) is 0.560. The number of hydrogen-bond donors (Lipinski definition) is 1. The minimum absolute atomic E-state index is 0.0896. The highest BCUT2D eigenvalue weighted by molar-refractivity contribution is 7.90. The summed E-state index contributed by atoms with van der Waals surface area (Å²) in [6.07, 6.45) is 1.01. The number of hydrogen-bond acceptors (Lipinski definition) is 7. The first kappa shape index (κ1) is 16.3. The predicted octanol–water partition coefficient (Wildman–Crippen LogP) is 3.66. The molecule has 24 heavy (non-hydrogen) atoms. The van der Waals surface area contributed by atoms with Crippen molar-refractivity contribution in [3.05, 3.63) is 51.5 Å². The lowest BCUT2D eigenvalue weighted by atomic mass is 10.2. The molecular weight excluding hydrogens is 350 g/mol. The van der Waals surface area contributed by atoms with Crippen molar-refractivity contribution in [1.82, 2.24) is 4.98 Å². The lowest BCUT2D eigenvalue weighted by molar-refractivity contribution is -0.384. The lowest BCUT2D eigenvalue weighted by Gasteiger charge is -2.08. The maximum atomic E-state index is 11.6. The second-order valence-electron chi connectivity index (χ2n) is 5.25. The highest BCUT2D eigenvalue weighted by Gasteiger charge is 2.19. The third kappa shape index (κ3) is 3.22. The van der Waals surface area contributed by atoms with Crippen LogP contribution in [0.2, 0.25) is 0 Å². The average Bonchev–Trinajstić information content (AvgIpc) is 2.85. The minimum atomic E-state index is -3.51. The summed E-state index contributed by atoms with van der Waals surface area (Å²) in [5, 5.41) is 15.2. The second-order valence-corrected chi connectivity index (χ2v) is 8.50. The fraction of sp³-hybridized carbons (Fsp3) is 0.133. The Balaban J connectivity index is 2.02. The zero-order valence-corrected chi connectivity index (χ0v) is 14.4. The van der Waals surface area contributed by atoms with Gasteiger partial charge in [0, 0.05) is 18.0 Å². The molecule has 0 aliphatic heterocycles. The SMILES string of the molecule is Cc1nc2ccc(Nc3ccc(S(C)(=O)=O)cc3[N+](=O)[O-])cc2s1. The number of fused-ring (bicyclic) bond motifs is 1. The van der Waals surface area contributed by atoms with E-state index in [1.54, 1.807) is 6.07 Å². The Bertz CT molecular complexity index is 1060. The number of nitro benzene ring substituents is 1. The van der Waals surface area contributed by atoms with Crippen molar-refractivity contribution in [3.63, 3.8) is 0 Å². The summed E-state index contributed by atoms with van der Waals surface area (Å²) in [7, 11) is -3.51. The van der Waals surface area contributed by atoms with Crippen LogP contribution in [0.1, 0.15) is 5.01 Å². The molecule has 124 valence electrons. The van der Waals surface area contributed by atoms with Gasteiger partial charge in [-0.25, -0.2) is 13.4 Å². The van der Waals surface area contributed by atoms with Gasteiger partial charge in [0.25, 0.3) is 5.69 Å². The van der Waals surface area contributed by atoms with Gasteiger partial charge >= 0.3 is 0 Å². The molecule has 3 rings (SSSR count). The third-order valence-electron chi connectivity index (χ3n) is 3.37. The van der Waals surface area contributed by atoms with Gasteiger partial charge < -0.3 is 5.32 Å². The minimum Gasteiger partial charge on any atom is -0.350 e. The van der Waals surface area contributed by atoms with Crippen LogP contribution in [0.4, 0.5) is 17.1 Å². The van der Waals surface area contributed by atoms with E-state index < -0.39 is 14.8 Å². The normalized spacial score (nSPS) is 11.6. The van der Waals surface area contributed by atoms with Gasteiger partial charge in [-0.1, -0.05) is 0 Å². The molecule has 0 radical (unpaired) electrons. The summed E-state index contributed by atoms with van der Waals surface area (Å²) in [6, 6.07) is 9.27. The molecular formula is C15H13N3O4S2. The molecule has 0 unspecified atom stereocenters. The van der Waals surface area contributed by atoms with E-state index in [4.69, 9.17) is 0 Å². The van der Waals surface area contributed by atoms with Gasteiger partial charge in [-0.3, -0.25) is 10.1 Å². The summed E-state index contributed by atoms with van der Waals surface area (Å²) < 4.78 is 24.1. The summed E-state index contributed by atoms with van der Waals surface area (Å²) >= 11 is 1.53. The van der Waals surface area contributed by atoms with E-state index in [0.717, 1.165) is 27.5 Å². The molecule has 0 atom stereocenters. The molecule has 3 aromatic rings. The van der Waals surface area contributed by atoms with Crippen LogP contribution in [0, 0.1) is 17.0 Å². The predicted molar refractivity (Wildman–Crippen MR) is 93.8 cm³/mol. The fourth-order valence-electron chi connectivity index (χ4n) is 2.27. The zero-order valence-electron chi connectivity index (χ0n) is 12.8. The van der Waals surface area contributed by atoms with Crippen LogP contribution in [-0.4, -0.2) is 24.6 Å². The van der Waals surface area contributed by atoms with Crippen LogP contribution in [0.3, 0.4) is 0 Å². The van der Waals surface area contributed by atoms with Crippen molar-refractivity contribution in [3.8, 4) is 0 Å². The van der Waals surface area contributed by atoms with E-state index in [2.05, 4.69) is 10.3 Å². The van der Waals surface area contributed by atoms with Crippen molar-refractivity contribution in [2.75, 3.05) is 11.6 Å². The van der Waals surface area contributed by atoms with Crippen LogP contribution in [0.25, 0.3) is 10.2 Å². The Morgan fingerprint density at radius 3 is 2.62 bits per heavy atom. The van der Waals surface area contributed by atoms with Crippen LogP contribution >= 0.6 is 11.3 Å². The summed E-state index contributed by atoms with van der Waals surface area (Å²) in [5.41, 5.74) is 1.47. The maximum Gasteiger partial charge on any atom is 0.293 e. The standard InChI is InChI=1S/C15H13N3O4S2/c1-9-16-13-5-3-10(7-15(13)23-9)17-12-6-4-11(24(2,21)22)8-14(12)18(19)20/h3-8,17H,1-2H3. The van der Waals surface area contributed by atoms with Gasteiger partial charge in [0.15, 0.2) is 9.84 Å². The van der Waals surface area contributed by atoms with E-state index in [-0.39, 0.29) is 16.3 Å². The topological polar surface area (TPSA) is 102 Å². The summed E-state index contributed by atoms with van der Waals surface area (Å²) in [6.45, 7) is 1.91. The second kappa shape index (κ2) is 5.84. The molecule has 0 fully saturated rings. The zero-order chi connectivity index (χ0) is 17.5. The van der Waals surface area contributed by atoms with Crippen LogP contribution < -0.4 is 5.32 Å². The number of nitrogens with zero attached hydrogens (tertiary/aromatic N) is 2. The van der Waals surface area contributed by atoms with Gasteiger partial charge in [0.1, 0.15) is 5.69 Å². The highest BCUT2D eigenvalue weighted by atomic mass is 32.2. The van der Waals surface area contributed by atoms with E-state index in [9.17, 15) is 18.5 Å². The summed E-state index contributed by atoms with van der Waals surface area (Å²) in [5.74, 6) is 0. The van der Waals surface area contributed by atoms with E-state index in [1.807, 2.05) is 19.1 Å². The molecule has 9 heteroatoms. The van der Waals surface area contributed by atoms with Crippen molar-refractivity contribution >= 4 is 48.5 Å². The Labute approximate surface area is 142 Å². The molecule has 0 aliphatic rings. The number of thiazole rings is 1. The van der Waals surface area contributed by atoms with Gasteiger partial charge in [-0.05, 0) is 37.3 Å². The van der Waals surface area contributed by atoms with Crippen LogP contribution in [0.15, 0.2) is 41.3 Å². The molecule has 0 aliphatic carbocycles. The Morgan fingerprint density at radius 2 is 1.96 bits per heavy atom. The third-order valence-corrected chi connectivity index (χ3v) is 5.41. The maximum absolute atomic E-state index is 11.6. The Morgan fingerprint density at radius 1 is 1.21 bits per heavy atom. The number of aromatic nitrogens is 1. The molecule has 2 aromatic carbocycles. The van der Waals surface area contributed by atoms with Crippen LogP contribution in [-0.2, 0) is 9.84 Å². The van der Waals surface area contributed by atoms with E-state index in [1.165, 1.54) is 23.5 Å². The molecule has 0 spiro atoms. The molecule has 0 bridgehead atoms. The Kier molecular flexibility index (Phi) is 3.98. The number of rotatable bonds is 4. The number of nitrogens with one attached hydrogen (secondary N) is 1. The van der Waals surface area contributed by atoms with E-state index in [0.29, 0.717) is 5.69 Å². The first-order valence-corrected chi connectivity index (χ1v) is 9.57. The summed E-state index contributed by atoms with van der Waals surface area (Å²) in [4.78, 5) is 14.9. The molecule has 0 saturated heterocycles. The van der Waals surface area contributed by atoms with Gasteiger partial charge in [-0.2, -0.15) is 0 Å². The molecule has 0 saturated carbocycles. The van der Waals surface area contributed by atoms with Crippen molar-refractivity contribution in [2.45, 2.75) is 11.8 Å². The lowest BCUT2D eigenvalue weighted by Crippen LogP contribution is -2.01. The fourth-order valence-corrected chi connectivity index (χ4v) is 3.78. The van der Waals surface area contributed by atoms with Crippen molar-refractivity contribution < 1.29 is 13.3 Å². The largest absolute Gasteiger partial charge is 0.350 e. The number of anilines is 2. The molecule has 1 aromatic heterocycles. The number of aryl methyl sites for hydroxylation is 1. The first-order valence-electron chi connectivity index (χ1n) is 6.87. The van der Waals surface area contributed by atoms with Gasteiger partial charge in [0.2, 0.25) is 0 Å². The first-order chi connectivity index (χ1) is 11.2. The smallest absolute Gasteiger partial charge is 0.293 e. The molecule has 1 heterocycles. The number of benzene rings is 2. The van der Waals surface area contributed by atoms with Crippen molar-refractivity contribution in [1.29, 1.82) is 0 Å². The molecule has 1 N–H and O–H groups in total. The Hall–Kier alpha value is -2.52. The van der Waals surface area contributed by atoms with Gasteiger partial charge in [0.05, 0.1) is 25.0 Å². The van der Waals surface area contributed by atoms with Crippen molar-refractivity contribution in [2.24, 2.45) is 0 Å². The van der Waals surface area contributed by atoms with E-state index >= 15 is 0 Å². The molecule has 7 nitrogen and oxygen atoms in total. The highest BCUT2D eigenvalue weighted by Crippen LogP contribution is 2.32. The number of nitro groups is 1. The van der Waals surface area contributed by atoms with Gasteiger partial charge in [-0.15, -0.1) is 11.3 Å². The average molecular weight is 363 g/mol. The molecule has 0 amide bonds. The van der Waals surface area contributed by atoms with Crippen LogP contribution in [0.5, 0.6) is 0 Å². The number of sulfone groups is 1. The monoisotopic (exact) mass is 363 g/mol.